The first kappa shape index (κ1) is 16.9. The van der Waals surface area contributed by atoms with Gasteiger partial charge in [0, 0.05) is 16.6 Å². The van der Waals surface area contributed by atoms with Gasteiger partial charge >= 0.3 is 11.8 Å². The number of carbonyl (C=O) groups is 1. The van der Waals surface area contributed by atoms with Crippen molar-refractivity contribution in [1.82, 2.24) is 19.7 Å². The molecule has 0 fully saturated rings. The molecule has 7 nitrogen and oxygen atoms in total. The molecule has 0 aliphatic carbocycles. The normalized spacial score (nSPS) is 10.4. The first-order valence-corrected chi connectivity index (χ1v) is 7.08. The van der Waals surface area contributed by atoms with Crippen molar-refractivity contribution >= 4 is 22.0 Å². The molecule has 0 aliphatic rings. The van der Waals surface area contributed by atoms with Crippen molar-refractivity contribution in [3.8, 4) is 5.69 Å². The monoisotopic (exact) mass is 388 g/mol. The predicted molar refractivity (Wildman–Crippen MR) is 80.8 cm³/mol. The molecule has 0 radical (unpaired) electrons. The van der Waals surface area contributed by atoms with Gasteiger partial charge in [0.2, 0.25) is 0 Å². The molecule has 2 rings (SSSR count). The number of hydrogen-bond acceptors (Lipinski definition) is 3. The van der Waals surface area contributed by atoms with E-state index in [1.165, 1.54) is 10.9 Å². The van der Waals surface area contributed by atoms with Gasteiger partial charge in [0.1, 0.15) is 6.33 Å². The molecular formula is C13H11BrF2N4O3. The second-order valence-electron chi connectivity index (χ2n) is 4.44. The van der Waals surface area contributed by atoms with E-state index in [1.54, 1.807) is 24.3 Å². The van der Waals surface area contributed by atoms with Crippen LogP contribution in [0.25, 0.3) is 5.69 Å². The van der Waals surface area contributed by atoms with Crippen molar-refractivity contribution in [2.75, 3.05) is 6.54 Å². The number of halogens is 3. The smallest absolute Gasteiger partial charge is 0.404 e. The van der Waals surface area contributed by atoms with E-state index in [2.05, 4.69) is 21.0 Å². The minimum Gasteiger partial charge on any atom is -0.465 e. The highest BCUT2D eigenvalue weighted by Gasteiger charge is 2.13. The molecule has 0 bridgehead atoms. The molecule has 0 saturated heterocycles. The zero-order chi connectivity index (χ0) is 17.0. The van der Waals surface area contributed by atoms with Crippen LogP contribution in [-0.2, 0) is 6.54 Å². The van der Waals surface area contributed by atoms with Gasteiger partial charge in [-0.25, -0.2) is 18.8 Å². The Labute approximate surface area is 137 Å². The summed E-state index contributed by atoms with van der Waals surface area (Å²) in [7, 11) is 0. The summed E-state index contributed by atoms with van der Waals surface area (Å²) in [5, 5.41) is 14.1. The average Bonchev–Trinajstić information content (AvgIpc) is 2.84. The van der Waals surface area contributed by atoms with Gasteiger partial charge in [-0.3, -0.25) is 0 Å². The Balaban J connectivity index is 2.27. The first-order valence-electron chi connectivity index (χ1n) is 6.28. The summed E-state index contributed by atoms with van der Waals surface area (Å²) in [6.07, 6.45) is -2.28. The number of aromatic nitrogens is 3. The lowest BCUT2D eigenvalue weighted by Crippen LogP contribution is -2.29. The van der Waals surface area contributed by atoms with Gasteiger partial charge in [0.15, 0.2) is 0 Å². The van der Waals surface area contributed by atoms with E-state index in [9.17, 15) is 18.4 Å². The van der Waals surface area contributed by atoms with E-state index < -0.39 is 36.5 Å². The van der Waals surface area contributed by atoms with Crippen LogP contribution in [-0.4, -0.2) is 32.1 Å². The van der Waals surface area contributed by atoms with Gasteiger partial charge in [-0.05, 0) is 18.2 Å². The molecule has 122 valence electrons. The van der Waals surface area contributed by atoms with Gasteiger partial charge in [0.25, 0.3) is 6.08 Å². The number of benzene rings is 1. The molecule has 2 aromatic rings. The molecule has 1 aromatic carbocycles. The molecule has 10 heteroatoms. The predicted octanol–water partition coefficient (Wildman–Crippen LogP) is 2.21. The summed E-state index contributed by atoms with van der Waals surface area (Å²) >= 11 is 3.27. The fourth-order valence-corrected chi connectivity index (χ4v) is 2.18. The zero-order valence-electron chi connectivity index (χ0n) is 11.5. The Morgan fingerprint density at radius 1 is 1.39 bits per heavy atom. The Bertz CT molecular complexity index is 812. The fraction of sp³-hybridized carbons (Fsp3) is 0.154. The number of carboxylic acid groups (broad SMARTS) is 1. The van der Waals surface area contributed by atoms with E-state index >= 15 is 0 Å². The van der Waals surface area contributed by atoms with Gasteiger partial charge in [0.05, 0.1) is 12.2 Å². The van der Waals surface area contributed by atoms with Crippen LogP contribution in [0, 0.1) is 0 Å². The molecule has 0 unspecified atom stereocenters. The molecule has 1 aromatic heterocycles. The van der Waals surface area contributed by atoms with Crippen LogP contribution in [0.15, 0.2) is 51.5 Å². The number of nitrogens with one attached hydrogen (secondary N) is 1. The highest BCUT2D eigenvalue weighted by atomic mass is 79.9. The second kappa shape index (κ2) is 7.18. The molecule has 0 saturated carbocycles. The van der Waals surface area contributed by atoms with Gasteiger partial charge in [-0.2, -0.15) is 13.9 Å². The molecule has 1 amide bonds. The van der Waals surface area contributed by atoms with Crippen molar-refractivity contribution in [3.05, 3.63) is 57.2 Å². The summed E-state index contributed by atoms with van der Waals surface area (Å²) in [6, 6.07) is 6.82. The molecule has 2 N–H and O–H groups in total. The molecule has 1 heterocycles. The lowest BCUT2D eigenvalue weighted by Gasteiger charge is -2.06. The largest absolute Gasteiger partial charge is 0.465 e. The summed E-state index contributed by atoms with van der Waals surface area (Å²) < 4.78 is 28.5. The van der Waals surface area contributed by atoms with E-state index in [4.69, 9.17) is 5.11 Å². The number of amides is 1. The van der Waals surface area contributed by atoms with Gasteiger partial charge < -0.3 is 10.4 Å². The summed E-state index contributed by atoms with van der Waals surface area (Å²) in [4.78, 5) is 22.6. The SMILES string of the molecule is O=C(O)NCC(Cn1ncn(-c2cccc(Br)c2)c1=O)=C(F)F. The minimum absolute atomic E-state index is 0.511. The summed E-state index contributed by atoms with van der Waals surface area (Å²) in [5.74, 6) is 0. The summed E-state index contributed by atoms with van der Waals surface area (Å²) in [5.41, 5.74) is -0.628. The Kier molecular flexibility index (Phi) is 5.27. The van der Waals surface area contributed by atoms with Crippen molar-refractivity contribution in [2.45, 2.75) is 6.54 Å². The third-order valence-corrected chi connectivity index (χ3v) is 3.37. The standard InChI is InChI=1S/C13H11BrF2N4O3/c14-9-2-1-3-10(4-9)19-7-18-20(13(19)23)6-8(11(15)16)5-17-12(21)22/h1-4,7,17H,5-6H2,(H,21,22). The van der Waals surface area contributed by atoms with E-state index in [-0.39, 0.29) is 0 Å². The molecule has 0 aliphatic heterocycles. The van der Waals surface area contributed by atoms with Crippen LogP contribution < -0.4 is 11.0 Å². The molecule has 0 spiro atoms. The van der Waals surface area contributed by atoms with Crippen molar-refractivity contribution < 1.29 is 18.7 Å². The maximum Gasteiger partial charge on any atom is 0.404 e. The maximum atomic E-state index is 12.8. The van der Waals surface area contributed by atoms with Gasteiger partial charge in [-0.15, -0.1) is 0 Å². The van der Waals surface area contributed by atoms with Crippen LogP contribution in [0.3, 0.4) is 0 Å². The number of nitrogens with zero attached hydrogens (tertiary/aromatic N) is 3. The third kappa shape index (κ3) is 4.25. The van der Waals surface area contributed by atoms with Crippen LogP contribution in [0.4, 0.5) is 13.6 Å². The van der Waals surface area contributed by atoms with Crippen LogP contribution in [0.5, 0.6) is 0 Å². The zero-order valence-corrected chi connectivity index (χ0v) is 13.1. The van der Waals surface area contributed by atoms with E-state index in [1.807, 2.05) is 5.32 Å². The second-order valence-corrected chi connectivity index (χ2v) is 5.36. The highest BCUT2D eigenvalue weighted by molar-refractivity contribution is 9.10. The van der Waals surface area contributed by atoms with E-state index in [0.29, 0.717) is 5.69 Å². The van der Waals surface area contributed by atoms with Gasteiger partial charge in [-0.1, -0.05) is 22.0 Å². The third-order valence-electron chi connectivity index (χ3n) is 2.88. The fourth-order valence-electron chi connectivity index (χ4n) is 1.79. The van der Waals surface area contributed by atoms with Crippen LogP contribution in [0.1, 0.15) is 0 Å². The Morgan fingerprint density at radius 3 is 2.74 bits per heavy atom. The average molecular weight is 389 g/mol. The Hall–Kier alpha value is -2.49. The minimum atomic E-state index is -2.05. The van der Waals surface area contributed by atoms with Crippen LogP contribution in [0.2, 0.25) is 0 Å². The van der Waals surface area contributed by atoms with Crippen LogP contribution >= 0.6 is 15.9 Å². The molecule has 23 heavy (non-hydrogen) atoms. The number of hydrogen-bond donors (Lipinski definition) is 2. The highest BCUT2D eigenvalue weighted by Crippen LogP contribution is 2.14. The first-order chi connectivity index (χ1) is 10.9. The maximum absolute atomic E-state index is 12.8. The molecule has 0 atom stereocenters. The van der Waals surface area contributed by atoms with E-state index in [0.717, 1.165) is 9.15 Å². The lowest BCUT2D eigenvalue weighted by atomic mass is 10.3. The summed E-state index contributed by atoms with van der Waals surface area (Å²) in [6.45, 7) is -1.10. The number of rotatable bonds is 5. The topological polar surface area (TPSA) is 89.2 Å². The lowest BCUT2D eigenvalue weighted by molar-refractivity contribution is 0.195. The van der Waals surface area contributed by atoms with Crippen molar-refractivity contribution in [3.63, 3.8) is 0 Å². The quantitative estimate of drug-likeness (QED) is 0.821. The molecular weight excluding hydrogens is 378 g/mol. The van der Waals surface area contributed by atoms with Crippen molar-refractivity contribution in [2.24, 2.45) is 0 Å². The van der Waals surface area contributed by atoms with Crippen molar-refractivity contribution in [1.29, 1.82) is 0 Å². The Morgan fingerprint density at radius 2 is 2.13 bits per heavy atom.